The number of hydrogen-bond donors (Lipinski definition) is 1. The van der Waals surface area contributed by atoms with Crippen molar-refractivity contribution in [3.63, 3.8) is 0 Å². The van der Waals surface area contributed by atoms with Gasteiger partial charge in [-0.2, -0.15) is 0 Å². The first-order valence-corrected chi connectivity index (χ1v) is 9.48. The lowest BCUT2D eigenvalue weighted by molar-refractivity contribution is -0.132. The van der Waals surface area contributed by atoms with Crippen LogP contribution in [0.4, 0.5) is 5.95 Å². The molecule has 0 spiro atoms. The molecule has 2 aromatic carbocycles. The molecule has 1 aliphatic rings. The van der Waals surface area contributed by atoms with E-state index >= 15 is 0 Å². The van der Waals surface area contributed by atoms with Gasteiger partial charge >= 0.3 is 5.91 Å². The van der Waals surface area contributed by atoms with Crippen LogP contribution in [0.5, 0.6) is 5.75 Å². The fraction of sp³-hybridized carbons (Fsp3) is 0.130. The maximum Gasteiger partial charge on any atom is 0.302 e. The van der Waals surface area contributed by atoms with Gasteiger partial charge in [-0.05, 0) is 42.8 Å². The van der Waals surface area contributed by atoms with Crippen LogP contribution in [0.25, 0.3) is 5.76 Å². The van der Waals surface area contributed by atoms with Gasteiger partial charge in [0.25, 0.3) is 5.78 Å². The largest absolute Gasteiger partial charge is 0.507 e. The summed E-state index contributed by atoms with van der Waals surface area (Å²) in [5.74, 6) is -1.10. The molecule has 1 aliphatic heterocycles. The van der Waals surface area contributed by atoms with E-state index in [9.17, 15) is 14.7 Å². The molecule has 0 bridgehead atoms. The number of ketones is 1. The second-order valence-corrected chi connectivity index (χ2v) is 6.59. The number of hydrogen-bond acceptors (Lipinski definition) is 6. The number of benzene rings is 2. The topological polar surface area (TPSA) is 92.6 Å². The van der Waals surface area contributed by atoms with Crippen LogP contribution in [0.2, 0.25) is 0 Å². The third-order valence-corrected chi connectivity index (χ3v) is 4.77. The average molecular weight is 401 g/mol. The van der Waals surface area contributed by atoms with Gasteiger partial charge in [0.1, 0.15) is 11.5 Å². The van der Waals surface area contributed by atoms with E-state index in [1.165, 1.54) is 17.3 Å². The molecule has 1 unspecified atom stereocenters. The van der Waals surface area contributed by atoms with E-state index in [0.29, 0.717) is 23.5 Å². The Hall–Kier alpha value is -4.00. The van der Waals surface area contributed by atoms with Crippen molar-refractivity contribution in [2.24, 2.45) is 0 Å². The zero-order valence-electron chi connectivity index (χ0n) is 16.2. The summed E-state index contributed by atoms with van der Waals surface area (Å²) in [5, 5.41) is 11.0. The van der Waals surface area contributed by atoms with Gasteiger partial charge in [0.2, 0.25) is 5.95 Å². The van der Waals surface area contributed by atoms with E-state index in [1.54, 1.807) is 54.6 Å². The van der Waals surface area contributed by atoms with E-state index in [0.717, 1.165) is 0 Å². The smallest absolute Gasteiger partial charge is 0.302 e. The number of aliphatic hydroxyl groups is 1. The third kappa shape index (κ3) is 3.41. The summed E-state index contributed by atoms with van der Waals surface area (Å²) >= 11 is 0. The van der Waals surface area contributed by atoms with Crippen LogP contribution >= 0.6 is 0 Å². The summed E-state index contributed by atoms with van der Waals surface area (Å²) in [5.41, 5.74) is 1.06. The molecule has 0 radical (unpaired) electrons. The predicted octanol–water partition coefficient (Wildman–Crippen LogP) is 3.50. The SMILES string of the molecule is CCOc1ccc(/C(O)=C2\C(=O)C(=O)N(c3ncccn3)C2c2ccccc2)cc1. The maximum absolute atomic E-state index is 13.0. The zero-order chi connectivity index (χ0) is 21.1. The Morgan fingerprint density at radius 2 is 1.67 bits per heavy atom. The molecular formula is C23H19N3O4. The molecular weight excluding hydrogens is 382 g/mol. The fourth-order valence-electron chi connectivity index (χ4n) is 3.44. The fourth-order valence-corrected chi connectivity index (χ4v) is 3.44. The standard InChI is InChI=1S/C23H19N3O4/c1-2-30-17-11-9-16(10-12-17)20(27)18-19(15-7-4-3-5-8-15)26(22(29)21(18)28)23-24-13-6-14-25-23/h3-14,19,27H,2H2,1H3/b20-18+. The van der Waals surface area contributed by atoms with Gasteiger partial charge in [-0.1, -0.05) is 30.3 Å². The van der Waals surface area contributed by atoms with Crippen molar-refractivity contribution in [2.75, 3.05) is 11.5 Å². The molecule has 1 saturated heterocycles. The monoisotopic (exact) mass is 401 g/mol. The number of ether oxygens (including phenoxy) is 1. The Kier molecular flexibility index (Phi) is 5.26. The number of amides is 1. The summed E-state index contributed by atoms with van der Waals surface area (Å²) in [6.45, 7) is 2.39. The maximum atomic E-state index is 13.0. The van der Waals surface area contributed by atoms with E-state index < -0.39 is 17.7 Å². The normalized spacial score (nSPS) is 17.9. The van der Waals surface area contributed by atoms with Crippen LogP contribution in [0.15, 0.2) is 78.6 Å². The van der Waals surface area contributed by atoms with Gasteiger partial charge in [0.05, 0.1) is 18.2 Å². The first-order valence-electron chi connectivity index (χ1n) is 9.48. The Morgan fingerprint density at radius 3 is 2.30 bits per heavy atom. The molecule has 0 saturated carbocycles. The van der Waals surface area contributed by atoms with Gasteiger partial charge < -0.3 is 9.84 Å². The zero-order valence-corrected chi connectivity index (χ0v) is 16.2. The molecule has 3 aromatic rings. The van der Waals surface area contributed by atoms with Crippen LogP contribution in [-0.4, -0.2) is 33.4 Å². The quantitative estimate of drug-likeness (QED) is 0.400. The summed E-state index contributed by atoms with van der Waals surface area (Å²) in [6, 6.07) is 16.5. The number of Topliss-reactive ketones (excluding diaryl/α,β-unsaturated/α-hetero) is 1. The number of aromatic nitrogens is 2. The number of nitrogens with zero attached hydrogens (tertiary/aromatic N) is 3. The van der Waals surface area contributed by atoms with Crippen LogP contribution in [0.3, 0.4) is 0 Å². The first-order chi connectivity index (χ1) is 14.6. The molecule has 0 aliphatic carbocycles. The molecule has 7 heteroatoms. The van der Waals surface area contributed by atoms with Crippen LogP contribution in [0, 0.1) is 0 Å². The van der Waals surface area contributed by atoms with Crippen LogP contribution in [-0.2, 0) is 9.59 Å². The second kappa shape index (κ2) is 8.16. The molecule has 1 amide bonds. The van der Waals surface area contributed by atoms with Crippen LogP contribution in [0.1, 0.15) is 24.1 Å². The lowest BCUT2D eigenvalue weighted by Crippen LogP contribution is -2.31. The van der Waals surface area contributed by atoms with Gasteiger partial charge in [-0.3, -0.25) is 14.5 Å². The predicted molar refractivity (Wildman–Crippen MR) is 111 cm³/mol. The highest BCUT2D eigenvalue weighted by Crippen LogP contribution is 2.40. The Balaban J connectivity index is 1.87. The number of carbonyl (C=O) groups excluding carboxylic acids is 2. The van der Waals surface area contributed by atoms with Gasteiger partial charge in [0.15, 0.2) is 0 Å². The number of rotatable bonds is 5. The molecule has 1 atom stereocenters. The molecule has 1 aromatic heterocycles. The van der Waals surface area contributed by atoms with Crippen molar-refractivity contribution in [1.82, 2.24) is 9.97 Å². The second-order valence-electron chi connectivity index (χ2n) is 6.59. The average Bonchev–Trinajstić information content (AvgIpc) is 3.06. The molecule has 30 heavy (non-hydrogen) atoms. The minimum absolute atomic E-state index is 0.0113. The first kappa shape index (κ1) is 19.3. The molecule has 4 rings (SSSR count). The van der Waals surface area contributed by atoms with Crippen molar-refractivity contribution in [2.45, 2.75) is 13.0 Å². The highest BCUT2D eigenvalue weighted by atomic mass is 16.5. The lowest BCUT2D eigenvalue weighted by atomic mass is 9.95. The summed E-state index contributed by atoms with van der Waals surface area (Å²) in [6.07, 6.45) is 2.99. The van der Waals surface area contributed by atoms with Gasteiger partial charge in [-0.15, -0.1) is 0 Å². The molecule has 150 valence electrons. The summed E-state index contributed by atoms with van der Waals surface area (Å²) in [7, 11) is 0. The Bertz CT molecular complexity index is 1100. The summed E-state index contributed by atoms with van der Waals surface area (Å²) in [4.78, 5) is 35.4. The van der Waals surface area contributed by atoms with E-state index in [4.69, 9.17) is 4.74 Å². The van der Waals surface area contributed by atoms with E-state index in [1.807, 2.05) is 13.0 Å². The lowest BCUT2D eigenvalue weighted by Gasteiger charge is -2.23. The van der Waals surface area contributed by atoms with Crippen molar-refractivity contribution >= 4 is 23.4 Å². The highest BCUT2D eigenvalue weighted by molar-refractivity contribution is 6.51. The van der Waals surface area contributed by atoms with E-state index in [2.05, 4.69) is 9.97 Å². The van der Waals surface area contributed by atoms with E-state index in [-0.39, 0.29) is 17.3 Å². The van der Waals surface area contributed by atoms with Crippen LogP contribution < -0.4 is 9.64 Å². The number of aliphatic hydroxyl groups excluding tert-OH is 1. The van der Waals surface area contributed by atoms with Crippen molar-refractivity contribution in [1.29, 1.82) is 0 Å². The van der Waals surface area contributed by atoms with Crippen molar-refractivity contribution in [3.8, 4) is 5.75 Å². The van der Waals surface area contributed by atoms with Crippen molar-refractivity contribution < 1.29 is 19.4 Å². The molecule has 7 nitrogen and oxygen atoms in total. The number of carbonyl (C=O) groups is 2. The third-order valence-electron chi connectivity index (χ3n) is 4.77. The van der Waals surface area contributed by atoms with Gasteiger partial charge in [-0.25, -0.2) is 9.97 Å². The summed E-state index contributed by atoms with van der Waals surface area (Å²) < 4.78 is 5.43. The Labute approximate surface area is 173 Å². The van der Waals surface area contributed by atoms with Crippen molar-refractivity contribution in [3.05, 3.63) is 89.8 Å². The minimum Gasteiger partial charge on any atom is -0.507 e. The molecule has 1 N–H and O–H groups in total. The highest BCUT2D eigenvalue weighted by Gasteiger charge is 2.48. The Morgan fingerprint density at radius 1 is 1.00 bits per heavy atom. The number of anilines is 1. The molecule has 1 fully saturated rings. The molecule has 2 heterocycles. The minimum atomic E-state index is -0.847. The van der Waals surface area contributed by atoms with Gasteiger partial charge in [0, 0.05) is 18.0 Å².